The fourth-order valence-electron chi connectivity index (χ4n) is 3.61. The van der Waals surface area contributed by atoms with Gasteiger partial charge in [0, 0.05) is 31.1 Å². The second-order valence-corrected chi connectivity index (χ2v) is 7.59. The number of ether oxygens (including phenoxy) is 2. The van der Waals surface area contributed by atoms with Gasteiger partial charge in [-0.25, -0.2) is 0 Å². The normalized spacial score (nSPS) is 12.3. The number of hydrogen-bond donors (Lipinski definition) is 3. The van der Waals surface area contributed by atoms with Gasteiger partial charge in [-0.3, -0.25) is 19.8 Å². The number of amides is 2. The van der Waals surface area contributed by atoms with Crippen molar-refractivity contribution in [3.05, 3.63) is 58.7 Å². The van der Waals surface area contributed by atoms with Crippen LogP contribution >= 0.6 is 0 Å². The van der Waals surface area contributed by atoms with E-state index >= 15 is 0 Å². The summed E-state index contributed by atoms with van der Waals surface area (Å²) in [7, 11) is 1.54. The van der Waals surface area contributed by atoms with Crippen molar-refractivity contribution in [3.8, 4) is 11.5 Å². The second-order valence-electron chi connectivity index (χ2n) is 7.59. The van der Waals surface area contributed by atoms with Gasteiger partial charge in [-0.15, -0.1) is 0 Å². The Morgan fingerprint density at radius 1 is 1.18 bits per heavy atom. The van der Waals surface area contributed by atoms with Crippen LogP contribution in [-0.2, 0) is 11.3 Å². The number of nitrogens with two attached hydrogens (primary N) is 1. The molecular formula is C24H28N4O5. The van der Waals surface area contributed by atoms with Crippen LogP contribution in [0.3, 0.4) is 0 Å². The van der Waals surface area contributed by atoms with Crippen LogP contribution in [0.15, 0.2) is 36.4 Å². The van der Waals surface area contributed by atoms with Gasteiger partial charge >= 0.3 is 0 Å². The number of amidine groups is 1. The molecule has 9 nitrogen and oxygen atoms in total. The highest BCUT2D eigenvalue weighted by molar-refractivity contribution is 6.07. The van der Waals surface area contributed by atoms with E-state index in [4.69, 9.17) is 20.6 Å². The summed E-state index contributed by atoms with van der Waals surface area (Å²) in [5.41, 5.74) is 7.38. The first kappa shape index (κ1) is 23.8. The third-order valence-corrected chi connectivity index (χ3v) is 5.24. The number of benzene rings is 2. The molecule has 0 aromatic heterocycles. The molecule has 0 bridgehead atoms. The Labute approximate surface area is 192 Å². The van der Waals surface area contributed by atoms with Crippen LogP contribution in [0.4, 0.5) is 0 Å². The molecule has 0 aliphatic carbocycles. The number of carbonyl (C=O) groups excluding carboxylic acids is 3. The lowest BCUT2D eigenvalue weighted by Gasteiger charge is -2.17. The van der Waals surface area contributed by atoms with E-state index in [2.05, 4.69) is 5.32 Å². The van der Waals surface area contributed by atoms with Gasteiger partial charge in [-0.1, -0.05) is 12.1 Å². The van der Waals surface area contributed by atoms with E-state index in [1.165, 1.54) is 7.05 Å². The molecule has 0 atom stereocenters. The summed E-state index contributed by atoms with van der Waals surface area (Å²) in [4.78, 5) is 37.7. The molecule has 1 aliphatic rings. The minimum atomic E-state index is -0.382. The number of nitrogens with zero attached hydrogens (tertiary/aromatic N) is 1. The minimum Gasteiger partial charge on any atom is -0.494 e. The molecule has 33 heavy (non-hydrogen) atoms. The van der Waals surface area contributed by atoms with E-state index in [0.29, 0.717) is 54.4 Å². The van der Waals surface area contributed by atoms with E-state index in [0.717, 1.165) is 5.56 Å². The maximum atomic E-state index is 12.9. The molecule has 2 aromatic carbocycles. The van der Waals surface area contributed by atoms with Gasteiger partial charge in [0.1, 0.15) is 17.3 Å². The number of Topliss-reactive ketones (excluding diaryl/α,β-unsaturated/α-hetero) is 1. The standard InChI is InChI=1S/C24H28N4O5/c1-3-32-21-11-16-13-28(23(26)18(16)12-19(21)24(31)27-2)14-20(29)15-6-4-7-17(10-15)33-9-5-8-22(25)30/h4,6-7,10-12,26H,3,5,8-9,13-14H2,1-2H3,(H2,25,30)(H,27,31). The lowest BCUT2D eigenvalue weighted by atomic mass is 10.0. The van der Waals surface area contributed by atoms with Crippen LogP contribution in [-0.4, -0.2) is 55.1 Å². The Morgan fingerprint density at radius 2 is 1.97 bits per heavy atom. The Hall–Kier alpha value is -3.88. The van der Waals surface area contributed by atoms with E-state index < -0.39 is 0 Å². The van der Waals surface area contributed by atoms with E-state index in [9.17, 15) is 14.4 Å². The zero-order valence-electron chi connectivity index (χ0n) is 18.8. The molecule has 0 saturated heterocycles. The molecular weight excluding hydrogens is 424 g/mol. The largest absolute Gasteiger partial charge is 0.494 e. The number of rotatable bonds is 11. The average molecular weight is 453 g/mol. The zero-order chi connectivity index (χ0) is 24.0. The molecule has 1 aliphatic heterocycles. The van der Waals surface area contributed by atoms with Gasteiger partial charge in [-0.05, 0) is 43.2 Å². The summed E-state index contributed by atoms with van der Waals surface area (Å²) in [5, 5.41) is 11.1. The van der Waals surface area contributed by atoms with Crippen LogP contribution < -0.4 is 20.5 Å². The molecule has 0 saturated carbocycles. The number of hydrogen-bond acceptors (Lipinski definition) is 6. The summed E-state index contributed by atoms with van der Waals surface area (Å²) < 4.78 is 11.2. The lowest BCUT2D eigenvalue weighted by Crippen LogP contribution is -2.30. The van der Waals surface area contributed by atoms with Crippen molar-refractivity contribution >= 4 is 23.4 Å². The zero-order valence-corrected chi connectivity index (χ0v) is 18.8. The number of fused-ring (bicyclic) bond motifs is 1. The topological polar surface area (TPSA) is 135 Å². The highest BCUT2D eigenvalue weighted by Crippen LogP contribution is 2.31. The summed E-state index contributed by atoms with van der Waals surface area (Å²) in [6.45, 7) is 2.95. The average Bonchev–Trinajstić information content (AvgIpc) is 3.10. The van der Waals surface area contributed by atoms with Gasteiger partial charge in [-0.2, -0.15) is 0 Å². The molecule has 174 valence electrons. The van der Waals surface area contributed by atoms with Gasteiger partial charge in [0.05, 0.1) is 25.3 Å². The summed E-state index contributed by atoms with van der Waals surface area (Å²) >= 11 is 0. The molecule has 2 aromatic rings. The minimum absolute atomic E-state index is 0.0118. The predicted octanol–water partition coefficient (Wildman–Crippen LogP) is 2.11. The molecule has 4 N–H and O–H groups in total. The van der Waals surface area contributed by atoms with Crippen molar-refractivity contribution in [1.82, 2.24) is 10.2 Å². The summed E-state index contributed by atoms with van der Waals surface area (Å²) in [6, 6.07) is 10.2. The number of primary amides is 1. The first-order chi connectivity index (χ1) is 15.8. The maximum Gasteiger partial charge on any atom is 0.254 e. The molecule has 0 radical (unpaired) electrons. The van der Waals surface area contributed by atoms with Crippen LogP contribution in [0.5, 0.6) is 11.5 Å². The van der Waals surface area contributed by atoms with E-state index in [1.54, 1.807) is 41.3 Å². The monoisotopic (exact) mass is 452 g/mol. The van der Waals surface area contributed by atoms with Crippen molar-refractivity contribution in [2.24, 2.45) is 5.73 Å². The molecule has 0 fully saturated rings. The Morgan fingerprint density at radius 3 is 2.67 bits per heavy atom. The fraction of sp³-hybridized carbons (Fsp3) is 0.333. The van der Waals surface area contributed by atoms with Gasteiger partial charge < -0.3 is 25.4 Å². The molecule has 9 heteroatoms. The first-order valence-electron chi connectivity index (χ1n) is 10.7. The van der Waals surface area contributed by atoms with Crippen LogP contribution in [0.1, 0.15) is 51.6 Å². The Bertz CT molecular complexity index is 1080. The lowest BCUT2D eigenvalue weighted by molar-refractivity contribution is -0.118. The second kappa shape index (κ2) is 10.6. The van der Waals surface area contributed by atoms with Crippen LogP contribution in [0, 0.1) is 5.41 Å². The highest BCUT2D eigenvalue weighted by Gasteiger charge is 2.29. The van der Waals surface area contributed by atoms with Crippen molar-refractivity contribution in [3.63, 3.8) is 0 Å². The quantitative estimate of drug-likeness (QED) is 0.353. The fourth-order valence-corrected chi connectivity index (χ4v) is 3.61. The third kappa shape index (κ3) is 5.68. The van der Waals surface area contributed by atoms with Gasteiger partial charge in [0.2, 0.25) is 5.91 Å². The van der Waals surface area contributed by atoms with Crippen molar-refractivity contribution in [2.45, 2.75) is 26.3 Å². The van der Waals surface area contributed by atoms with Crippen molar-refractivity contribution in [2.75, 3.05) is 26.8 Å². The predicted molar refractivity (Wildman–Crippen MR) is 123 cm³/mol. The third-order valence-electron chi connectivity index (χ3n) is 5.24. The van der Waals surface area contributed by atoms with Crippen LogP contribution in [0.2, 0.25) is 0 Å². The summed E-state index contributed by atoms with van der Waals surface area (Å²) in [5.74, 6) is 0.333. The molecule has 0 unspecified atom stereocenters. The Kier molecular flexibility index (Phi) is 7.66. The molecule has 1 heterocycles. The Balaban J connectivity index is 1.70. The van der Waals surface area contributed by atoms with Gasteiger partial charge in [0.25, 0.3) is 5.91 Å². The first-order valence-corrected chi connectivity index (χ1v) is 10.7. The van der Waals surface area contributed by atoms with E-state index in [1.807, 2.05) is 6.92 Å². The highest BCUT2D eigenvalue weighted by atomic mass is 16.5. The van der Waals surface area contributed by atoms with Crippen molar-refractivity contribution < 1.29 is 23.9 Å². The van der Waals surface area contributed by atoms with Crippen LogP contribution in [0.25, 0.3) is 0 Å². The number of nitrogens with one attached hydrogen (secondary N) is 2. The molecule has 3 rings (SSSR count). The smallest absolute Gasteiger partial charge is 0.254 e. The molecule has 0 spiro atoms. The van der Waals surface area contributed by atoms with E-state index in [-0.39, 0.29) is 36.4 Å². The van der Waals surface area contributed by atoms with Gasteiger partial charge in [0.15, 0.2) is 5.78 Å². The van der Waals surface area contributed by atoms with Crippen molar-refractivity contribution in [1.29, 1.82) is 5.41 Å². The SMILES string of the molecule is CCOc1cc2c(cc1C(=O)NC)C(=N)N(CC(=O)c1cccc(OCCCC(N)=O)c1)C2. The molecule has 2 amide bonds. The maximum absolute atomic E-state index is 12.9. The number of carbonyl (C=O) groups is 3. The summed E-state index contributed by atoms with van der Waals surface area (Å²) in [6.07, 6.45) is 0.737. The number of ketones is 1.